The molecule has 1 aliphatic rings. The third-order valence-electron chi connectivity index (χ3n) is 3.35. The summed E-state index contributed by atoms with van der Waals surface area (Å²) in [5.41, 5.74) is 1.18. The summed E-state index contributed by atoms with van der Waals surface area (Å²) in [6.07, 6.45) is 9.35. The molecule has 2 N–H and O–H groups in total. The standard InChI is InChI=1S/C13H21N3S/c1-14-13-9-11(6-7-15-13)16-10-4-3-5-12(8-10)17-2/h6-7,9-10,12H,3-5,8H2,1-2H3,(H2,14,15,16). The molecule has 1 aromatic rings. The number of pyridine rings is 1. The Hall–Kier alpha value is -0.900. The fourth-order valence-corrected chi connectivity index (χ4v) is 3.21. The molecule has 2 atom stereocenters. The second-order valence-electron chi connectivity index (χ2n) is 4.55. The van der Waals surface area contributed by atoms with Crippen molar-refractivity contribution in [1.29, 1.82) is 0 Å². The first-order valence-electron chi connectivity index (χ1n) is 6.25. The lowest BCUT2D eigenvalue weighted by Crippen LogP contribution is -2.28. The number of hydrogen-bond acceptors (Lipinski definition) is 4. The summed E-state index contributed by atoms with van der Waals surface area (Å²) in [6, 6.07) is 4.74. The van der Waals surface area contributed by atoms with Gasteiger partial charge in [0.25, 0.3) is 0 Å². The van der Waals surface area contributed by atoms with Crippen molar-refractivity contribution in [1.82, 2.24) is 4.98 Å². The lowest BCUT2D eigenvalue weighted by Gasteiger charge is -2.29. The molecule has 0 aliphatic heterocycles. The van der Waals surface area contributed by atoms with E-state index in [-0.39, 0.29) is 0 Å². The number of anilines is 2. The Morgan fingerprint density at radius 1 is 1.41 bits per heavy atom. The van der Waals surface area contributed by atoms with Gasteiger partial charge in [-0.2, -0.15) is 11.8 Å². The van der Waals surface area contributed by atoms with Crippen LogP contribution < -0.4 is 10.6 Å². The fraction of sp³-hybridized carbons (Fsp3) is 0.615. The molecule has 1 aliphatic carbocycles. The minimum atomic E-state index is 0.619. The highest BCUT2D eigenvalue weighted by molar-refractivity contribution is 7.99. The van der Waals surface area contributed by atoms with Gasteiger partial charge >= 0.3 is 0 Å². The second-order valence-corrected chi connectivity index (χ2v) is 5.68. The molecule has 1 heterocycles. The van der Waals surface area contributed by atoms with E-state index in [0.29, 0.717) is 6.04 Å². The van der Waals surface area contributed by atoms with Crippen molar-refractivity contribution < 1.29 is 0 Å². The van der Waals surface area contributed by atoms with Gasteiger partial charge in [-0.15, -0.1) is 0 Å². The molecule has 0 aromatic carbocycles. The Morgan fingerprint density at radius 2 is 2.29 bits per heavy atom. The van der Waals surface area contributed by atoms with E-state index < -0.39 is 0 Å². The summed E-state index contributed by atoms with van der Waals surface area (Å²) >= 11 is 2.00. The zero-order valence-corrected chi connectivity index (χ0v) is 11.4. The summed E-state index contributed by atoms with van der Waals surface area (Å²) in [6.45, 7) is 0. The average Bonchev–Trinajstić information content (AvgIpc) is 2.39. The van der Waals surface area contributed by atoms with Gasteiger partial charge in [-0.05, 0) is 31.6 Å². The fourth-order valence-electron chi connectivity index (χ4n) is 2.38. The van der Waals surface area contributed by atoms with Crippen molar-refractivity contribution in [3.63, 3.8) is 0 Å². The molecular weight excluding hydrogens is 230 g/mol. The van der Waals surface area contributed by atoms with Crippen molar-refractivity contribution in [2.75, 3.05) is 23.9 Å². The summed E-state index contributed by atoms with van der Waals surface area (Å²) in [5.74, 6) is 0.923. The highest BCUT2D eigenvalue weighted by Crippen LogP contribution is 2.29. The van der Waals surface area contributed by atoms with Gasteiger partial charge in [0.2, 0.25) is 0 Å². The van der Waals surface area contributed by atoms with Crippen LogP contribution in [0.5, 0.6) is 0 Å². The third kappa shape index (κ3) is 3.53. The van der Waals surface area contributed by atoms with E-state index in [1.807, 2.05) is 31.1 Å². The van der Waals surface area contributed by atoms with Crippen molar-refractivity contribution in [2.45, 2.75) is 37.0 Å². The summed E-state index contributed by atoms with van der Waals surface area (Å²) in [5, 5.41) is 7.52. The molecule has 17 heavy (non-hydrogen) atoms. The van der Waals surface area contributed by atoms with E-state index in [0.717, 1.165) is 11.1 Å². The normalized spacial score (nSPS) is 24.4. The van der Waals surface area contributed by atoms with Crippen LogP contribution in [0.3, 0.4) is 0 Å². The van der Waals surface area contributed by atoms with E-state index >= 15 is 0 Å². The maximum Gasteiger partial charge on any atom is 0.127 e. The van der Waals surface area contributed by atoms with E-state index in [4.69, 9.17) is 0 Å². The van der Waals surface area contributed by atoms with E-state index in [9.17, 15) is 0 Å². The van der Waals surface area contributed by atoms with E-state index in [1.165, 1.54) is 31.4 Å². The van der Waals surface area contributed by atoms with Crippen molar-refractivity contribution in [3.8, 4) is 0 Å². The zero-order valence-electron chi connectivity index (χ0n) is 10.6. The van der Waals surface area contributed by atoms with Crippen LogP contribution in [-0.2, 0) is 0 Å². The number of nitrogens with one attached hydrogen (secondary N) is 2. The average molecular weight is 251 g/mol. The van der Waals surface area contributed by atoms with Crippen LogP contribution in [0.4, 0.5) is 11.5 Å². The van der Waals surface area contributed by atoms with Gasteiger partial charge in [0.1, 0.15) is 5.82 Å². The summed E-state index contributed by atoms with van der Waals surface area (Å²) in [4.78, 5) is 4.23. The van der Waals surface area contributed by atoms with Crippen molar-refractivity contribution in [2.24, 2.45) is 0 Å². The monoisotopic (exact) mass is 251 g/mol. The Balaban J connectivity index is 1.95. The second kappa shape index (κ2) is 6.15. The van der Waals surface area contributed by atoms with Gasteiger partial charge < -0.3 is 10.6 Å². The smallest absolute Gasteiger partial charge is 0.127 e. The molecule has 4 heteroatoms. The number of rotatable bonds is 4. The molecule has 2 unspecified atom stereocenters. The molecule has 1 aromatic heterocycles. The van der Waals surface area contributed by atoms with Crippen LogP contribution in [0.2, 0.25) is 0 Å². The number of thioether (sulfide) groups is 1. The van der Waals surface area contributed by atoms with Gasteiger partial charge in [-0.25, -0.2) is 4.98 Å². The highest BCUT2D eigenvalue weighted by Gasteiger charge is 2.20. The Kier molecular flexibility index (Phi) is 4.54. The number of aromatic nitrogens is 1. The Morgan fingerprint density at radius 3 is 3.06 bits per heavy atom. The molecule has 0 spiro atoms. The summed E-state index contributed by atoms with van der Waals surface area (Å²) in [7, 11) is 1.90. The third-order valence-corrected chi connectivity index (χ3v) is 4.44. The molecule has 0 saturated heterocycles. The van der Waals surface area contributed by atoms with Gasteiger partial charge in [0.15, 0.2) is 0 Å². The molecule has 3 nitrogen and oxygen atoms in total. The molecule has 0 radical (unpaired) electrons. The minimum absolute atomic E-state index is 0.619. The maximum atomic E-state index is 4.23. The van der Waals surface area contributed by atoms with Crippen LogP contribution in [0.1, 0.15) is 25.7 Å². The zero-order chi connectivity index (χ0) is 12.1. The first kappa shape index (κ1) is 12.6. The molecule has 1 saturated carbocycles. The first-order chi connectivity index (χ1) is 8.31. The van der Waals surface area contributed by atoms with Crippen molar-refractivity contribution in [3.05, 3.63) is 18.3 Å². The predicted molar refractivity (Wildman–Crippen MR) is 77.0 cm³/mol. The number of nitrogens with zero attached hydrogens (tertiary/aromatic N) is 1. The predicted octanol–water partition coefficient (Wildman–Crippen LogP) is 3.21. The summed E-state index contributed by atoms with van der Waals surface area (Å²) < 4.78 is 0. The largest absolute Gasteiger partial charge is 0.382 e. The first-order valence-corrected chi connectivity index (χ1v) is 7.53. The highest BCUT2D eigenvalue weighted by atomic mass is 32.2. The minimum Gasteiger partial charge on any atom is -0.382 e. The van der Waals surface area contributed by atoms with Gasteiger partial charge in [-0.1, -0.05) is 6.42 Å². The van der Waals surface area contributed by atoms with Crippen LogP contribution in [0.25, 0.3) is 0 Å². The molecular formula is C13H21N3S. The quantitative estimate of drug-likeness (QED) is 0.861. The molecule has 1 fully saturated rings. The van der Waals surface area contributed by atoms with E-state index in [2.05, 4.69) is 27.9 Å². The van der Waals surface area contributed by atoms with Crippen LogP contribution in [0, 0.1) is 0 Å². The van der Waals surface area contributed by atoms with Gasteiger partial charge in [0.05, 0.1) is 0 Å². The van der Waals surface area contributed by atoms with Crippen LogP contribution in [0.15, 0.2) is 18.3 Å². The lowest BCUT2D eigenvalue weighted by molar-refractivity contribution is 0.473. The molecule has 0 amide bonds. The molecule has 94 valence electrons. The maximum absolute atomic E-state index is 4.23. The Bertz CT molecular complexity index is 356. The SMILES string of the molecule is CNc1cc(NC2CCCC(SC)C2)ccn1. The van der Waals surface area contributed by atoms with Crippen molar-refractivity contribution >= 4 is 23.3 Å². The van der Waals surface area contributed by atoms with Gasteiger partial charge in [-0.3, -0.25) is 0 Å². The number of hydrogen-bond donors (Lipinski definition) is 2. The van der Waals surface area contributed by atoms with Crippen LogP contribution >= 0.6 is 11.8 Å². The van der Waals surface area contributed by atoms with Gasteiger partial charge in [0, 0.05) is 36.3 Å². The van der Waals surface area contributed by atoms with Crippen LogP contribution in [-0.4, -0.2) is 29.6 Å². The molecule has 2 rings (SSSR count). The Labute approximate surface area is 108 Å². The lowest BCUT2D eigenvalue weighted by atomic mass is 9.95. The molecule has 0 bridgehead atoms. The topological polar surface area (TPSA) is 37.0 Å². The van der Waals surface area contributed by atoms with E-state index in [1.54, 1.807) is 0 Å².